The third-order valence-corrected chi connectivity index (χ3v) is 12.0. The Bertz CT molecular complexity index is 1730. The molecule has 9 nitrogen and oxygen atoms in total. The van der Waals surface area contributed by atoms with E-state index in [1.807, 2.05) is 38.1 Å². The average molecular weight is 646 g/mol. The molecule has 2 aliphatic heterocycles. The first kappa shape index (κ1) is 31.3. The van der Waals surface area contributed by atoms with Gasteiger partial charge in [-0.15, -0.1) is 0 Å². The molecule has 43 heavy (non-hydrogen) atoms. The Morgan fingerprint density at radius 1 is 0.953 bits per heavy atom. The maximum Gasteiger partial charge on any atom is 0.264 e. The molecule has 0 aromatic heterocycles. The van der Waals surface area contributed by atoms with Gasteiger partial charge < -0.3 is 9.64 Å². The van der Waals surface area contributed by atoms with Crippen molar-refractivity contribution in [2.24, 2.45) is 0 Å². The number of nitrogens with one attached hydrogen (secondary N) is 1. The zero-order chi connectivity index (χ0) is 30.9. The lowest BCUT2D eigenvalue weighted by Gasteiger charge is -2.36. The molecule has 0 saturated carbocycles. The predicted molar refractivity (Wildman–Crippen MR) is 168 cm³/mol. The highest BCUT2D eigenvalue weighted by atomic mass is 35.5. The summed E-state index contributed by atoms with van der Waals surface area (Å²) in [7, 11) is -7.84. The molecule has 0 bridgehead atoms. The van der Waals surface area contributed by atoms with Gasteiger partial charge in [-0.3, -0.25) is 9.69 Å². The highest BCUT2D eigenvalue weighted by Crippen LogP contribution is 2.30. The number of sulfonamides is 1. The highest BCUT2D eigenvalue weighted by molar-refractivity contribution is 7.92. The van der Waals surface area contributed by atoms with Gasteiger partial charge in [-0.05, 0) is 98.3 Å². The number of fused-ring (bicyclic) bond motifs is 1. The fraction of sp³-hybridized carbons (Fsp3) is 0.387. The van der Waals surface area contributed by atoms with Crippen molar-refractivity contribution in [3.05, 3.63) is 81.4 Å². The molecule has 1 amide bonds. The number of ether oxygens (including phenoxy) is 1. The summed E-state index contributed by atoms with van der Waals surface area (Å²) in [4.78, 5) is 17.3. The number of carbonyl (C=O) groups excluding carboxylic acids is 1. The van der Waals surface area contributed by atoms with Crippen LogP contribution in [0.25, 0.3) is 0 Å². The predicted octanol–water partition coefficient (Wildman–Crippen LogP) is 4.30. The van der Waals surface area contributed by atoms with Crippen molar-refractivity contribution in [3.63, 3.8) is 0 Å². The van der Waals surface area contributed by atoms with Crippen LogP contribution in [0.4, 0.5) is 5.69 Å². The van der Waals surface area contributed by atoms with Crippen LogP contribution >= 0.6 is 11.6 Å². The quantitative estimate of drug-likeness (QED) is 0.386. The minimum atomic E-state index is -4.29. The highest BCUT2D eigenvalue weighted by Gasteiger charge is 2.29. The second-order valence-corrected chi connectivity index (χ2v) is 15.3. The second kappa shape index (κ2) is 12.5. The first-order valence-corrected chi connectivity index (χ1v) is 17.8. The molecule has 0 radical (unpaired) electrons. The number of hydrogen-bond acceptors (Lipinski definition) is 8. The van der Waals surface area contributed by atoms with Crippen LogP contribution in [0, 0.1) is 20.8 Å². The van der Waals surface area contributed by atoms with Crippen LogP contribution in [0.2, 0.25) is 5.02 Å². The number of benzene rings is 3. The van der Waals surface area contributed by atoms with E-state index < -0.39 is 25.8 Å². The number of carbonyl (C=O) groups is 1. The van der Waals surface area contributed by atoms with Gasteiger partial charge in [0.15, 0.2) is 9.84 Å². The van der Waals surface area contributed by atoms with Gasteiger partial charge in [0.05, 0.1) is 15.5 Å². The van der Waals surface area contributed by atoms with Crippen molar-refractivity contribution in [2.75, 3.05) is 50.0 Å². The van der Waals surface area contributed by atoms with Crippen LogP contribution in [-0.4, -0.2) is 72.7 Å². The van der Waals surface area contributed by atoms with E-state index in [9.17, 15) is 21.6 Å². The Morgan fingerprint density at radius 2 is 1.60 bits per heavy atom. The van der Waals surface area contributed by atoms with Crippen LogP contribution in [0.5, 0.6) is 5.75 Å². The molecule has 1 saturated heterocycles. The summed E-state index contributed by atoms with van der Waals surface area (Å²) in [5.41, 5.74) is 4.14. The minimum absolute atomic E-state index is 0.0193. The third kappa shape index (κ3) is 7.01. The molecule has 0 atom stereocenters. The average Bonchev–Trinajstić information content (AvgIpc) is 2.95. The summed E-state index contributed by atoms with van der Waals surface area (Å²) in [6.45, 7) is 10.2. The molecule has 12 heteroatoms. The van der Waals surface area contributed by atoms with Crippen LogP contribution in [0.3, 0.4) is 0 Å². The summed E-state index contributed by atoms with van der Waals surface area (Å²) in [5.74, 6) is 0.0253. The summed E-state index contributed by atoms with van der Waals surface area (Å²) < 4.78 is 59.3. The summed E-state index contributed by atoms with van der Waals surface area (Å²) in [5, 5.41) is 0.766. The summed E-state index contributed by atoms with van der Waals surface area (Å²) in [6.07, 6.45) is 1.07. The number of amides is 1. The number of aryl methyl sites for hydroxylation is 4. The number of sulfone groups is 1. The Labute approximate surface area is 258 Å². The lowest BCUT2D eigenvalue weighted by Crippen LogP contribution is -2.47. The van der Waals surface area contributed by atoms with Gasteiger partial charge in [-0.1, -0.05) is 17.7 Å². The molecular weight excluding hydrogens is 610 g/mol. The first-order chi connectivity index (χ1) is 20.3. The molecule has 0 spiro atoms. The molecule has 1 N–H and O–H groups in total. The number of piperazine rings is 1. The molecule has 2 aliphatic rings. The van der Waals surface area contributed by atoms with Gasteiger partial charge in [0.2, 0.25) is 0 Å². The molecule has 5 rings (SSSR count). The smallest absolute Gasteiger partial charge is 0.264 e. The Kier molecular flexibility index (Phi) is 9.08. The minimum Gasteiger partial charge on any atom is -0.492 e. The van der Waals surface area contributed by atoms with Crippen molar-refractivity contribution in [3.8, 4) is 5.75 Å². The van der Waals surface area contributed by atoms with E-state index in [1.165, 1.54) is 6.07 Å². The summed E-state index contributed by atoms with van der Waals surface area (Å²) in [6, 6.07) is 13.5. The zero-order valence-corrected chi connectivity index (χ0v) is 26.9. The normalized spacial score (nSPS) is 16.9. The van der Waals surface area contributed by atoms with E-state index in [0.717, 1.165) is 60.3 Å². The van der Waals surface area contributed by atoms with Crippen LogP contribution < -0.4 is 14.4 Å². The van der Waals surface area contributed by atoms with E-state index in [0.29, 0.717) is 30.6 Å². The lowest BCUT2D eigenvalue weighted by molar-refractivity contribution is 0.0981. The van der Waals surface area contributed by atoms with E-state index in [1.54, 1.807) is 25.1 Å². The number of halogens is 1. The molecule has 3 aromatic rings. The van der Waals surface area contributed by atoms with Gasteiger partial charge in [-0.2, -0.15) is 0 Å². The summed E-state index contributed by atoms with van der Waals surface area (Å²) >= 11 is 6.25. The first-order valence-electron chi connectivity index (χ1n) is 14.2. The van der Waals surface area contributed by atoms with E-state index in [-0.39, 0.29) is 21.1 Å². The van der Waals surface area contributed by atoms with Crippen molar-refractivity contribution in [1.29, 1.82) is 0 Å². The number of anilines is 1. The van der Waals surface area contributed by atoms with Gasteiger partial charge >= 0.3 is 0 Å². The zero-order valence-electron chi connectivity index (χ0n) is 24.5. The molecule has 230 valence electrons. The Morgan fingerprint density at radius 3 is 2.26 bits per heavy atom. The van der Waals surface area contributed by atoms with Crippen LogP contribution in [-0.2, 0) is 26.3 Å². The third-order valence-electron chi connectivity index (χ3n) is 8.02. The van der Waals surface area contributed by atoms with Crippen molar-refractivity contribution >= 4 is 43.1 Å². The van der Waals surface area contributed by atoms with Crippen molar-refractivity contribution in [1.82, 2.24) is 9.62 Å². The SMILES string of the molecule is Cc1cc2c(cc1S(=O)(=O)NC(=O)c1ccc(N3CCN(CCOc4cc(C)c(Cl)c(C)c4)CC3)cc1)S(=O)(=O)CCC2. The van der Waals surface area contributed by atoms with E-state index >= 15 is 0 Å². The molecule has 2 heterocycles. The second-order valence-electron chi connectivity index (χ2n) is 11.2. The Balaban J connectivity index is 1.15. The fourth-order valence-electron chi connectivity index (χ4n) is 5.64. The molecule has 0 aliphatic carbocycles. The van der Waals surface area contributed by atoms with Gasteiger partial charge in [-0.25, -0.2) is 21.6 Å². The van der Waals surface area contributed by atoms with Crippen molar-refractivity contribution in [2.45, 2.75) is 43.4 Å². The maximum absolute atomic E-state index is 13.1. The Hall–Kier alpha value is -3.12. The van der Waals surface area contributed by atoms with E-state index in [4.69, 9.17) is 16.3 Å². The standard InChI is InChI=1S/C31H36ClN3O6S2/c1-21-17-25-5-4-16-42(37,38)29(25)20-28(21)43(39,40)33-31(36)24-6-8-26(9-7-24)35-12-10-34(11-13-35)14-15-41-27-18-22(2)30(32)23(3)19-27/h6-9,17-20H,4-5,10-16H2,1-3H3,(H,33,36). The fourth-order valence-corrected chi connectivity index (χ4v) is 8.65. The van der Waals surface area contributed by atoms with Gasteiger partial charge in [0.25, 0.3) is 15.9 Å². The number of hydrogen-bond donors (Lipinski definition) is 1. The van der Waals surface area contributed by atoms with Gasteiger partial charge in [0, 0.05) is 49.0 Å². The molecule has 0 unspecified atom stereocenters. The van der Waals surface area contributed by atoms with Gasteiger partial charge in [0.1, 0.15) is 12.4 Å². The number of nitrogens with zero attached hydrogens (tertiary/aromatic N) is 2. The van der Waals surface area contributed by atoms with E-state index in [2.05, 4.69) is 14.5 Å². The topological polar surface area (TPSA) is 113 Å². The maximum atomic E-state index is 13.1. The lowest BCUT2D eigenvalue weighted by atomic mass is 10.1. The van der Waals surface area contributed by atoms with Crippen LogP contribution in [0.1, 0.15) is 39.0 Å². The van der Waals surface area contributed by atoms with Crippen molar-refractivity contribution < 1.29 is 26.4 Å². The number of rotatable bonds is 8. The molecular formula is C31H36ClN3O6S2. The molecule has 1 fully saturated rings. The van der Waals surface area contributed by atoms with Crippen LogP contribution in [0.15, 0.2) is 58.3 Å². The monoisotopic (exact) mass is 645 g/mol. The largest absolute Gasteiger partial charge is 0.492 e. The molecule has 3 aromatic carbocycles.